The van der Waals surface area contributed by atoms with Crippen molar-refractivity contribution < 1.29 is 14.3 Å². The smallest absolute Gasteiger partial charge is 0.319 e. The number of nitrogens with one attached hydrogen (secondary N) is 2. The molecule has 7 nitrogen and oxygen atoms in total. The van der Waals surface area contributed by atoms with Gasteiger partial charge in [-0.2, -0.15) is 0 Å². The van der Waals surface area contributed by atoms with Crippen molar-refractivity contribution in [3.05, 3.63) is 48.2 Å². The average molecular weight is 372 g/mol. The number of aromatic nitrogens is 1. The van der Waals surface area contributed by atoms with Crippen molar-refractivity contribution in [1.29, 1.82) is 0 Å². The van der Waals surface area contributed by atoms with Crippen LogP contribution in [0.5, 0.6) is 11.6 Å². The van der Waals surface area contributed by atoms with Crippen LogP contribution >= 0.6 is 0 Å². The van der Waals surface area contributed by atoms with Crippen LogP contribution in [0, 0.1) is 0 Å². The number of carbonyl (C=O) groups is 1. The van der Waals surface area contributed by atoms with E-state index >= 15 is 0 Å². The third-order valence-corrected chi connectivity index (χ3v) is 3.55. The van der Waals surface area contributed by atoms with Crippen molar-refractivity contribution in [1.82, 2.24) is 15.2 Å². The molecule has 1 heterocycles. The number of likely N-dealkylation sites (N-methyl/N-ethyl adjacent to an activating group) is 1. The molecule has 0 atom stereocenters. The Morgan fingerprint density at radius 1 is 1.19 bits per heavy atom. The highest BCUT2D eigenvalue weighted by atomic mass is 16.5. The van der Waals surface area contributed by atoms with Crippen LogP contribution in [0.1, 0.15) is 19.4 Å². The molecule has 27 heavy (non-hydrogen) atoms. The van der Waals surface area contributed by atoms with E-state index in [4.69, 9.17) is 9.47 Å². The van der Waals surface area contributed by atoms with Crippen molar-refractivity contribution in [2.75, 3.05) is 32.6 Å². The molecule has 2 N–H and O–H groups in total. The molecule has 0 radical (unpaired) electrons. The van der Waals surface area contributed by atoms with Gasteiger partial charge in [0.15, 0.2) is 0 Å². The number of amides is 2. The second-order valence-corrected chi connectivity index (χ2v) is 6.63. The molecule has 0 aliphatic rings. The van der Waals surface area contributed by atoms with E-state index in [-0.39, 0.29) is 12.1 Å². The zero-order valence-corrected chi connectivity index (χ0v) is 16.4. The number of rotatable bonds is 9. The van der Waals surface area contributed by atoms with Crippen LogP contribution in [0.2, 0.25) is 0 Å². The fourth-order valence-corrected chi connectivity index (χ4v) is 2.20. The van der Waals surface area contributed by atoms with Crippen LogP contribution in [0.4, 0.5) is 10.5 Å². The minimum absolute atomic E-state index is 0.0260. The van der Waals surface area contributed by atoms with Gasteiger partial charge < -0.3 is 25.0 Å². The van der Waals surface area contributed by atoms with Gasteiger partial charge in [0.05, 0.1) is 6.10 Å². The zero-order chi connectivity index (χ0) is 19.6. The summed E-state index contributed by atoms with van der Waals surface area (Å²) in [5.74, 6) is 1.22. The summed E-state index contributed by atoms with van der Waals surface area (Å²) in [6, 6.07) is 10.9. The van der Waals surface area contributed by atoms with Crippen molar-refractivity contribution in [2.45, 2.75) is 26.5 Å². The fourth-order valence-electron chi connectivity index (χ4n) is 2.20. The molecule has 0 aliphatic carbocycles. The molecule has 0 bridgehead atoms. The quantitative estimate of drug-likeness (QED) is 0.707. The van der Waals surface area contributed by atoms with Gasteiger partial charge >= 0.3 is 6.03 Å². The molecule has 2 rings (SSSR count). The number of benzene rings is 1. The van der Waals surface area contributed by atoms with Gasteiger partial charge in [0.2, 0.25) is 5.88 Å². The summed E-state index contributed by atoms with van der Waals surface area (Å²) in [6.07, 6.45) is 1.60. The number of pyridine rings is 1. The summed E-state index contributed by atoms with van der Waals surface area (Å²) in [7, 11) is 4.01. The van der Waals surface area contributed by atoms with Gasteiger partial charge in [0.1, 0.15) is 18.0 Å². The molecular weight excluding hydrogens is 344 g/mol. The summed E-state index contributed by atoms with van der Waals surface area (Å²) in [6.45, 7) is 5.72. The first kappa shape index (κ1) is 20.5. The van der Waals surface area contributed by atoms with E-state index < -0.39 is 0 Å². The van der Waals surface area contributed by atoms with E-state index in [9.17, 15) is 4.79 Å². The van der Waals surface area contributed by atoms with E-state index in [2.05, 4.69) is 20.5 Å². The van der Waals surface area contributed by atoms with Crippen molar-refractivity contribution in [3.8, 4) is 11.6 Å². The number of nitrogens with zero attached hydrogens (tertiary/aromatic N) is 2. The lowest BCUT2D eigenvalue weighted by atomic mass is 10.2. The lowest BCUT2D eigenvalue weighted by Gasteiger charge is -2.14. The van der Waals surface area contributed by atoms with E-state index in [0.717, 1.165) is 17.9 Å². The van der Waals surface area contributed by atoms with E-state index in [1.165, 1.54) is 0 Å². The van der Waals surface area contributed by atoms with Crippen LogP contribution in [0.25, 0.3) is 0 Å². The summed E-state index contributed by atoms with van der Waals surface area (Å²) in [4.78, 5) is 18.4. The highest BCUT2D eigenvalue weighted by Crippen LogP contribution is 2.21. The minimum Gasteiger partial charge on any atom is -0.492 e. The van der Waals surface area contributed by atoms with E-state index in [1.807, 2.05) is 52.2 Å². The Bertz CT molecular complexity index is 717. The number of hydrogen-bond acceptors (Lipinski definition) is 5. The van der Waals surface area contributed by atoms with Crippen molar-refractivity contribution in [2.24, 2.45) is 0 Å². The van der Waals surface area contributed by atoms with Gasteiger partial charge in [0.25, 0.3) is 0 Å². The van der Waals surface area contributed by atoms with Gasteiger partial charge in [0, 0.05) is 19.3 Å². The Kier molecular flexibility index (Phi) is 7.88. The summed E-state index contributed by atoms with van der Waals surface area (Å²) in [5, 5.41) is 5.59. The van der Waals surface area contributed by atoms with E-state index in [0.29, 0.717) is 24.7 Å². The van der Waals surface area contributed by atoms with Crippen LogP contribution in [0.3, 0.4) is 0 Å². The number of ether oxygens (including phenoxy) is 2. The van der Waals surface area contributed by atoms with Crippen molar-refractivity contribution >= 4 is 11.7 Å². The Labute approximate surface area is 160 Å². The SMILES string of the molecule is CC(C)Oc1ncccc1NC(=O)NCc1ccc(OCCN(C)C)cc1. The number of carbonyl (C=O) groups excluding carboxylic acids is 1. The maximum Gasteiger partial charge on any atom is 0.319 e. The highest BCUT2D eigenvalue weighted by Gasteiger charge is 2.10. The lowest BCUT2D eigenvalue weighted by molar-refractivity contribution is 0.233. The maximum atomic E-state index is 12.2. The summed E-state index contributed by atoms with van der Waals surface area (Å²) >= 11 is 0. The fraction of sp³-hybridized carbons (Fsp3) is 0.400. The Morgan fingerprint density at radius 3 is 2.59 bits per heavy atom. The Balaban J connectivity index is 1.82. The van der Waals surface area contributed by atoms with Crippen LogP contribution in [-0.4, -0.2) is 49.3 Å². The molecule has 0 fully saturated rings. The van der Waals surface area contributed by atoms with Crippen LogP contribution < -0.4 is 20.1 Å². The molecule has 0 unspecified atom stereocenters. The highest BCUT2D eigenvalue weighted by molar-refractivity contribution is 5.90. The maximum absolute atomic E-state index is 12.2. The topological polar surface area (TPSA) is 75.7 Å². The third-order valence-electron chi connectivity index (χ3n) is 3.55. The standard InChI is InChI=1S/C20H28N4O3/c1-15(2)27-19-18(6-5-11-21-19)23-20(25)22-14-16-7-9-17(10-8-16)26-13-12-24(3)4/h5-11,15H,12-14H2,1-4H3,(H2,22,23,25). The molecule has 0 saturated carbocycles. The molecule has 7 heteroatoms. The predicted octanol–water partition coefficient (Wildman–Crippen LogP) is 3.13. The van der Waals surface area contributed by atoms with Gasteiger partial charge in [-0.3, -0.25) is 0 Å². The molecule has 2 aromatic rings. The first-order valence-electron chi connectivity index (χ1n) is 8.97. The van der Waals surface area contributed by atoms with Gasteiger partial charge in [-0.25, -0.2) is 9.78 Å². The first-order chi connectivity index (χ1) is 12.9. The number of anilines is 1. The van der Waals surface area contributed by atoms with Crippen LogP contribution in [0.15, 0.2) is 42.6 Å². The Hall–Kier alpha value is -2.80. The van der Waals surface area contributed by atoms with Crippen LogP contribution in [-0.2, 0) is 6.54 Å². The molecule has 0 saturated heterocycles. The third kappa shape index (κ3) is 7.53. The minimum atomic E-state index is -0.317. The molecule has 0 spiro atoms. The first-order valence-corrected chi connectivity index (χ1v) is 8.97. The number of hydrogen-bond donors (Lipinski definition) is 2. The second kappa shape index (κ2) is 10.4. The van der Waals surface area contributed by atoms with Gasteiger partial charge in [-0.1, -0.05) is 12.1 Å². The van der Waals surface area contributed by atoms with Crippen molar-refractivity contribution in [3.63, 3.8) is 0 Å². The lowest BCUT2D eigenvalue weighted by Crippen LogP contribution is -2.28. The summed E-state index contributed by atoms with van der Waals surface area (Å²) in [5.41, 5.74) is 1.52. The molecular formula is C20H28N4O3. The zero-order valence-electron chi connectivity index (χ0n) is 16.4. The average Bonchev–Trinajstić information content (AvgIpc) is 2.62. The normalized spacial score (nSPS) is 10.7. The predicted molar refractivity (Wildman–Crippen MR) is 106 cm³/mol. The molecule has 1 aromatic heterocycles. The number of urea groups is 1. The van der Waals surface area contributed by atoms with Gasteiger partial charge in [-0.15, -0.1) is 0 Å². The molecule has 0 aliphatic heterocycles. The van der Waals surface area contributed by atoms with Gasteiger partial charge in [-0.05, 0) is 57.8 Å². The summed E-state index contributed by atoms with van der Waals surface area (Å²) < 4.78 is 11.3. The molecule has 146 valence electrons. The molecule has 2 amide bonds. The monoisotopic (exact) mass is 372 g/mol. The molecule has 1 aromatic carbocycles. The Morgan fingerprint density at radius 2 is 1.93 bits per heavy atom. The second-order valence-electron chi connectivity index (χ2n) is 6.63. The van der Waals surface area contributed by atoms with E-state index in [1.54, 1.807) is 18.3 Å². The largest absolute Gasteiger partial charge is 0.492 e.